The zero-order valence-corrected chi connectivity index (χ0v) is 18.5. The molecule has 3 aromatic rings. The summed E-state index contributed by atoms with van der Waals surface area (Å²) in [5.74, 6) is -1.30. The number of ether oxygens (including phenoxy) is 1. The normalized spacial score (nSPS) is 10.8. The Morgan fingerprint density at radius 2 is 1.55 bits per heavy atom. The quantitative estimate of drug-likeness (QED) is 0.333. The van der Waals surface area contributed by atoms with Crippen LogP contribution in [0.15, 0.2) is 72.3 Å². The highest BCUT2D eigenvalue weighted by Crippen LogP contribution is 2.26. The Morgan fingerprint density at radius 1 is 0.939 bits per heavy atom. The summed E-state index contributed by atoms with van der Waals surface area (Å²) in [5, 5.41) is 15.5. The third kappa shape index (κ3) is 7.07. The molecule has 0 atom stereocenters. The molecule has 0 saturated heterocycles. The van der Waals surface area contributed by atoms with Crippen molar-refractivity contribution in [2.75, 3.05) is 17.2 Å². The third-order valence-corrected chi connectivity index (χ3v) is 4.71. The Morgan fingerprint density at radius 3 is 2.21 bits per heavy atom. The van der Waals surface area contributed by atoms with Crippen LogP contribution in [0.2, 0.25) is 10.0 Å². The molecule has 0 aromatic heterocycles. The Hall–Kier alpha value is -3.86. The Kier molecular flexibility index (Phi) is 8.03. The number of amides is 2. The van der Waals surface area contributed by atoms with Crippen LogP contribution in [0.5, 0.6) is 5.75 Å². The minimum absolute atomic E-state index is 0.201. The number of anilines is 2. The van der Waals surface area contributed by atoms with Gasteiger partial charge in [0, 0.05) is 27.0 Å². The molecule has 6 nitrogen and oxygen atoms in total. The van der Waals surface area contributed by atoms with Crippen LogP contribution in [0.1, 0.15) is 5.56 Å². The van der Waals surface area contributed by atoms with Crippen LogP contribution >= 0.6 is 23.2 Å². The smallest absolute Gasteiger partial charge is 0.266 e. The lowest BCUT2D eigenvalue weighted by Crippen LogP contribution is -2.20. The van der Waals surface area contributed by atoms with Crippen LogP contribution in [0, 0.1) is 17.1 Å². The molecule has 0 heterocycles. The van der Waals surface area contributed by atoms with Crippen molar-refractivity contribution >= 4 is 52.5 Å². The summed E-state index contributed by atoms with van der Waals surface area (Å²) in [5.41, 5.74) is 1.00. The SMILES string of the molecule is N#C/C(=C/c1cc(Cl)ccc1OCC(=O)Nc1ccc(F)cc1)C(=O)Nc1ccc(Cl)cc1. The van der Waals surface area contributed by atoms with E-state index in [9.17, 15) is 19.2 Å². The van der Waals surface area contributed by atoms with Crippen LogP contribution in [-0.4, -0.2) is 18.4 Å². The number of benzene rings is 3. The average Bonchev–Trinajstić information content (AvgIpc) is 2.79. The van der Waals surface area contributed by atoms with Gasteiger partial charge >= 0.3 is 0 Å². The molecule has 0 aliphatic rings. The van der Waals surface area contributed by atoms with Crippen molar-refractivity contribution in [3.8, 4) is 11.8 Å². The van der Waals surface area contributed by atoms with Crippen molar-refractivity contribution in [2.45, 2.75) is 0 Å². The van der Waals surface area contributed by atoms with Crippen molar-refractivity contribution < 1.29 is 18.7 Å². The van der Waals surface area contributed by atoms with Crippen LogP contribution in [-0.2, 0) is 9.59 Å². The van der Waals surface area contributed by atoms with E-state index in [-0.39, 0.29) is 17.9 Å². The van der Waals surface area contributed by atoms with E-state index in [2.05, 4.69) is 10.6 Å². The Balaban J connectivity index is 1.73. The fourth-order valence-corrected chi connectivity index (χ4v) is 2.98. The third-order valence-electron chi connectivity index (χ3n) is 4.23. The summed E-state index contributed by atoms with van der Waals surface area (Å²) in [7, 11) is 0. The minimum atomic E-state index is -0.639. The molecule has 2 amide bonds. The predicted octanol–water partition coefficient (Wildman–Crippen LogP) is 5.70. The number of nitriles is 1. The molecule has 3 aromatic carbocycles. The molecule has 9 heteroatoms. The number of hydrogen-bond donors (Lipinski definition) is 2. The molecule has 33 heavy (non-hydrogen) atoms. The van der Waals surface area contributed by atoms with Gasteiger partial charge in [-0.3, -0.25) is 9.59 Å². The first-order valence-corrected chi connectivity index (χ1v) is 10.3. The van der Waals surface area contributed by atoms with Crippen LogP contribution in [0.25, 0.3) is 6.08 Å². The first kappa shape index (κ1) is 23.8. The zero-order valence-electron chi connectivity index (χ0n) is 16.9. The van der Waals surface area contributed by atoms with E-state index in [1.165, 1.54) is 42.5 Å². The van der Waals surface area contributed by atoms with Gasteiger partial charge in [0.15, 0.2) is 6.61 Å². The van der Waals surface area contributed by atoms with Gasteiger partial charge in [0.25, 0.3) is 11.8 Å². The molecule has 0 saturated carbocycles. The van der Waals surface area contributed by atoms with Gasteiger partial charge in [-0.15, -0.1) is 0 Å². The van der Waals surface area contributed by atoms with Crippen molar-refractivity contribution in [1.29, 1.82) is 5.26 Å². The summed E-state index contributed by atoms with van der Waals surface area (Å²) in [6, 6.07) is 18.1. The second kappa shape index (κ2) is 11.1. The maximum Gasteiger partial charge on any atom is 0.266 e. The number of hydrogen-bond acceptors (Lipinski definition) is 4. The van der Waals surface area contributed by atoms with E-state index < -0.39 is 17.6 Å². The lowest BCUT2D eigenvalue weighted by atomic mass is 10.1. The van der Waals surface area contributed by atoms with E-state index in [4.69, 9.17) is 27.9 Å². The topological polar surface area (TPSA) is 91.2 Å². The number of nitrogens with zero attached hydrogens (tertiary/aromatic N) is 1. The standard InChI is InChI=1S/C24H16Cl2FN3O3/c25-17-1-6-21(7-2-17)30-24(32)16(13-28)11-15-12-18(26)3-10-22(15)33-14-23(31)29-20-8-4-19(27)5-9-20/h1-12H,14H2,(H,29,31)(H,30,32)/b16-11-. The summed E-state index contributed by atoms with van der Waals surface area (Å²) in [6.45, 7) is -0.362. The molecular weight excluding hydrogens is 468 g/mol. The van der Waals surface area contributed by atoms with Gasteiger partial charge in [-0.1, -0.05) is 23.2 Å². The summed E-state index contributed by atoms with van der Waals surface area (Å²) in [4.78, 5) is 24.7. The van der Waals surface area contributed by atoms with E-state index in [0.29, 0.717) is 27.0 Å². The lowest BCUT2D eigenvalue weighted by molar-refractivity contribution is -0.118. The first-order valence-electron chi connectivity index (χ1n) is 9.50. The summed E-state index contributed by atoms with van der Waals surface area (Å²) in [6.07, 6.45) is 1.31. The van der Waals surface area contributed by atoms with Crippen molar-refractivity contribution in [3.63, 3.8) is 0 Å². The molecule has 0 aliphatic heterocycles. The first-order chi connectivity index (χ1) is 15.8. The number of carbonyl (C=O) groups excluding carboxylic acids is 2. The summed E-state index contributed by atoms with van der Waals surface area (Å²) >= 11 is 11.9. The highest BCUT2D eigenvalue weighted by atomic mass is 35.5. The molecule has 0 aliphatic carbocycles. The van der Waals surface area contributed by atoms with Gasteiger partial charge in [0.05, 0.1) is 0 Å². The molecule has 0 unspecified atom stereocenters. The highest BCUT2D eigenvalue weighted by molar-refractivity contribution is 6.31. The van der Waals surface area contributed by atoms with Crippen molar-refractivity contribution in [1.82, 2.24) is 0 Å². The largest absolute Gasteiger partial charge is 0.483 e. The van der Waals surface area contributed by atoms with Gasteiger partial charge in [0.1, 0.15) is 23.2 Å². The second-order valence-corrected chi connectivity index (χ2v) is 7.53. The van der Waals surface area contributed by atoms with Crippen LogP contribution in [0.3, 0.4) is 0 Å². The maximum absolute atomic E-state index is 13.0. The molecule has 0 radical (unpaired) electrons. The summed E-state index contributed by atoms with van der Waals surface area (Å²) < 4.78 is 18.5. The molecule has 3 rings (SSSR count). The van der Waals surface area contributed by atoms with E-state index >= 15 is 0 Å². The van der Waals surface area contributed by atoms with Crippen LogP contribution in [0.4, 0.5) is 15.8 Å². The number of nitrogens with one attached hydrogen (secondary N) is 2. The van der Waals surface area contributed by atoms with Gasteiger partial charge in [-0.25, -0.2) is 4.39 Å². The molecule has 166 valence electrons. The fourth-order valence-electron chi connectivity index (χ4n) is 2.67. The number of carbonyl (C=O) groups is 2. The fraction of sp³-hybridized carbons (Fsp3) is 0.0417. The van der Waals surface area contributed by atoms with Gasteiger partial charge in [-0.2, -0.15) is 5.26 Å². The average molecular weight is 484 g/mol. The van der Waals surface area contributed by atoms with Gasteiger partial charge in [-0.05, 0) is 72.8 Å². The second-order valence-electron chi connectivity index (χ2n) is 6.66. The van der Waals surface area contributed by atoms with Crippen molar-refractivity contribution in [2.24, 2.45) is 0 Å². The molecule has 0 fully saturated rings. The monoisotopic (exact) mass is 483 g/mol. The molecule has 0 spiro atoms. The Labute approximate surface area is 199 Å². The van der Waals surface area contributed by atoms with E-state index in [1.54, 1.807) is 30.3 Å². The molecule has 0 bridgehead atoms. The van der Waals surface area contributed by atoms with Crippen molar-refractivity contribution in [3.05, 3.63) is 93.7 Å². The number of rotatable bonds is 7. The lowest BCUT2D eigenvalue weighted by Gasteiger charge is -2.11. The van der Waals surface area contributed by atoms with Gasteiger partial charge < -0.3 is 15.4 Å². The van der Waals surface area contributed by atoms with E-state index in [0.717, 1.165) is 0 Å². The minimum Gasteiger partial charge on any atom is -0.483 e. The van der Waals surface area contributed by atoms with E-state index in [1.807, 2.05) is 6.07 Å². The Bertz CT molecular complexity index is 1240. The number of halogens is 3. The van der Waals surface area contributed by atoms with Gasteiger partial charge in [0.2, 0.25) is 0 Å². The highest BCUT2D eigenvalue weighted by Gasteiger charge is 2.13. The maximum atomic E-state index is 13.0. The zero-order chi connectivity index (χ0) is 23.8. The van der Waals surface area contributed by atoms with Crippen LogP contribution < -0.4 is 15.4 Å². The molecule has 2 N–H and O–H groups in total. The predicted molar refractivity (Wildman–Crippen MR) is 126 cm³/mol. The molecular formula is C24H16Cl2FN3O3.